The number of benzene rings is 1. The fourth-order valence-corrected chi connectivity index (χ4v) is 5.02. The van der Waals surface area contributed by atoms with E-state index in [1.807, 2.05) is 4.98 Å². The van der Waals surface area contributed by atoms with Gasteiger partial charge in [0, 0.05) is 12.3 Å². The van der Waals surface area contributed by atoms with Crippen LogP contribution in [0.4, 0.5) is 4.39 Å². The summed E-state index contributed by atoms with van der Waals surface area (Å²) in [6.45, 7) is 3.93. The van der Waals surface area contributed by atoms with Gasteiger partial charge in [-0.25, -0.2) is 13.8 Å². The number of esters is 1. The Labute approximate surface area is 209 Å². The smallest absolute Gasteiger partial charge is 0.459 e. The van der Waals surface area contributed by atoms with Crippen LogP contribution in [0.3, 0.4) is 0 Å². The zero-order chi connectivity index (χ0) is 26.7. The number of rotatable bonds is 10. The lowest BCUT2D eigenvalue weighted by Gasteiger charge is -2.25. The average Bonchev–Trinajstić information content (AvgIpc) is 3.01. The predicted octanol–water partition coefficient (Wildman–Crippen LogP) is 1.83. The van der Waals surface area contributed by atoms with Crippen LogP contribution in [0.1, 0.15) is 27.0 Å². The molecule has 1 saturated heterocycles. The molecule has 0 amide bonds. The number of halogens is 2. The second kappa shape index (κ2) is 11.2. The van der Waals surface area contributed by atoms with Crippen LogP contribution in [-0.4, -0.2) is 56.7 Å². The van der Waals surface area contributed by atoms with E-state index in [1.165, 1.54) is 19.1 Å². The van der Waals surface area contributed by atoms with Crippen LogP contribution in [0.15, 0.2) is 52.2 Å². The maximum Gasteiger partial charge on any atom is 0.459 e. The second-order valence-corrected chi connectivity index (χ2v) is 10.5. The third-order valence-electron chi connectivity index (χ3n) is 4.92. The summed E-state index contributed by atoms with van der Waals surface area (Å²) in [5.41, 5.74) is -1.76. The van der Waals surface area contributed by atoms with E-state index in [1.54, 1.807) is 32.0 Å². The Hall–Kier alpha value is -2.54. The van der Waals surface area contributed by atoms with E-state index in [0.29, 0.717) is 4.57 Å². The molecule has 3 rings (SSSR count). The minimum absolute atomic E-state index is 0.125. The van der Waals surface area contributed by atoms with Crippen molar-refractivity contribution in [2.75, 3.05) is 6.61 Å². The first-order valence-electron chi connectivity index (χ1n) is 10.8. The van der Waals surface area contributed by atoms with Crippen LogP contribution in [0.5, 0.6) is 5.75 Å². The van der Waals surface area contributed by atoms with Crippen molar-refractivity contribution in [2.45, 2.75) is 56.5 Å². The largest absolute Gasteiger partial charge is 0.462 e. The van der Waals surface area contributed by atoms with Gasteiger partial charge in [0.05, 0.1) is 12.7 Å². The Balaban J connectivity index is 1.80. The molecule has 2 heterocycles. The minimum atomic E-state index is -4.35. The second-order valence-electron chi connectivity index (χ2n) is 8.20. The number of H-pyrrole nitrogens is 1. The summed E-state index contributed by atoms with van der Waals surface area (Å²) in [5, 5.41) is 9.86. The van der Waals surface area contributed by atoms with E-state index in [4.69, 9.17) is 30.1 Å². The van der Waals surface area contributed by atoms with Gasteiger partial charge in [0.15, 0.2) is 6.23 Å². The molecule has 0 unspecified atom stereocenters. The number of nitrogens with zero attached hydrogens (tertiary/aromatic N) is 1. The highest BCUT2D eigenvalue weighted by molar-refractivity contribution is 7.52. The van der Waals surface area contributed by atoms with Crippen LogP contribution >= 0.6 is 19.3 Å². The van der Waals surface area contributed by atoms with Gasteiger partial charge in [-0.05, 0) is 32.9 Å². The molecule has 1 fully saturated rings. The third kappa shape index (κ3) is 6.61. The Kier molecular flexibility index (Phi) is 8.75. The van der Waals surface area contributed by atoms with E-state index in [9.17, 15) is 24.1 Å². The molecular weight excluding hydrogens is 524 g/mol. The monoisotopic (exact) mass is 549 g/mol. The number of aromatic nitrogens is 2. The summed E-state index contributed by atoms with van der Waals surface area (Å²) < 4.78 is 50.8. The lowest BCUT2D eigenvalue weighted by atomic mass is 10.1. The van der Waals surface area contributed by atoms with Crippen molar-refractivity contribution in [2.24, 2.45) is 0 Å². The molecule has 0 saturated carbocycles. The third-order valence-corrected chi connectivity index (χ3v) is 6.97. The highest BCUT2D eigenvalue weighted by Gasteiger charge is 2.58. The van der Waals surface area contributed by atoms with Crippen molar-refractivity contribution in [3.63, 3.8) is 0 Å². The molecule has 36 heavy (non-hydrogen) atoms. The molecule has 0 spiro atoms. The first kappa shape index (κ1) is 28.0. The van der Waals surface area contributed by atoms with E-state index < -0.39 is 67.3 Å². The van der Waals surface area contributed by atoms with Crippen molar-refractivity contribution in [3.05, 3.63) is 63.4 Å². The van der Waals surface area contributed by atoms with E-state index in [0.717, 1.165) is 12.3 Å². The first-order chi connectivity index (χ1) is 16.8. The Morgan fingerprint density at radius 1 is 1.31 bits per heavy atom. The molecular formula is C21H26ClFN3O9P. The number of carbonyl (C=O) groups excluding carboxylic acids is 1. The molecule has 1 aliphatic heterocycles. The van der Waals surface area contributed by atoms with E-state index >= 15 is 4.39 Å². The Morgan fingerprint density at radius 2 is 1.97 bits per heavy atom. The zero-order valence-electron chi connectivity index (χ0n) is 19.5. The SMILES string of the molecule is CC(C)OC(=O)[C@@H](C)N[P@@](=O)(OC[C@H]1O[C@@H](n2ccc(=O)[nH]c2=O)[C@](F)(Cl)[C@@H]1O)Oc1ccccc1. The van der Waals surface area contributed by atoms with Crippen molar-refractivity contribution in [3.8, 4) is 5.75 Å². The van der Waals surface area contributed by atoms with Gasteiger partial charge in [0.25, 0.3) is 10.7 Å². The minimum Gasteiger partial charge on any atom is -0.462 e. The van der Waals surface area contributed by atoms with Gasteiger partial charge >= 0.3 is 19.4 Å². The number of hydrogen-bond donors (Lipinski definition) is 3. The molecule has 0 aliphatic carbocycles. The standard InChI is InChI=1S/C21H26ClFN3O9P/c1-12(2)33-18(29)13(3)25-36(31,35-14-7-5-4-6-8-14)32-11-15-17(28)21(22,23)19(34-15)26-10-9-16(27)24-20(26)30/h4-10,12-13,15,17,19,28H,11H2,1-3H3,(H,25,31)(H,24,27,30)/t13-,15-,17-,19-,21+,36-/m1/s1. The Bertz CT molecular complexity index is 1220. The molecule has 0 radical (unpaired) electrons. The number of aliphatic hydroxyl groups is 1. The number of hydrogen-bond acceptors (Lipinski definition) is 9. The summed E-state index contributed by atoms with van der Waals surface area (Å²) in [6, 6.07) is 7.68. The molecule has 1 aliphatic rings. The van der Waals surface area contributed by atoms with Crippen LogP contribution in [0.25, 0.3) is 0 Å². The van der Waals surface area contributed by atoms with Gasteiger partial charge < -0.3 is 19.1 Å². The number of aliphatic hydroxyl groups excluding tert-OH is 1. The normalized spacial score (nSPS) is 26.4. The van der Waals surface area contributed by atoms with Crippen molar-refractivity contribution in [1.29, 1.82) is 0 Å². The molecule has 12 nitrogen and oxygen atoms in total. The molecule has 2 aromatic rings. The number of para-hydroxylation sites is 1. The molecule has 15 heteroatoms. The molecule has 3 N–H and O–H groups in total. The zero-order valence-corrected chi connectivity index (χ0v) is 21.1. The topological polar surface area (TPSA) is 158 Å². The van der Waals surface area contributed by atoms with Crippen LogP contribution in [-0.2, 0) is 23.4 Å². The predicted molar refractivity (Wildman–Crippen MR) is 125 cm³/mol. The van der Waals surface area contributed by atoms with Gasteiger partial charge in [-0.1, -0.05) is 29.8 Å². The van der Waals surface area contributed by atoms with Gasteiger partial charge in [0.1, 0.15) is 24.0 Å². The van der Waals surface area contributed by atoms with Crippen molar-refractivity contribution < 1.29 is 37.4 Å². The van der Waals surface area contributed by atoms with Crippen molar-refractivity contribution in [1.82, 2.24) is 14.6 Å². The van der Waals surface area contributed by atoms with E-state index in [2.05, 4.69) is 5.09 Å². The molecule has 198 valence electrons. The summed E-state index contributed by atoms with van der Waals surface area (Å²) in [6.07, 6.45) is -4.91. The lowest BCUT2D eigenvalue weighted by Crippen LogP contribution is -2.42. The highest BCUT2D eigenvalue weighted by Crippen LogP contribution is 2.48. The Morgan fingerprint density at radius 3 is 2.58 bits per heavy atom. The fourth-order valence-electron chi connectivity index (χ4n) is 3.22. The molecule has 1 aromatic carbocycles. The average molecular weight is 550 g/mol. The summed E-state index contributed by atoms with van der Waals surface area (Å²) in [7, 11) is -4.35. The number of ether oxygens (including phenoxy) is 2. The molecule has 1 aromatic heterocycles. The summed E-state index contributed by atoms with van der Waals surface area (Å²) >= 11 is 5.85. The molecule has 6 atom stereocenters. The van der Waals surface area contributed by atoms with E-state index in [-0.39, 0.29) is 5.75 Å². The summed E-state index contributed by atoms with van der Waals surface area (Å²) in [5.74, 6) is -0.607. The van der Waals surface area contributed by atoms with Gasteiger partial charge in [-0.3, -0.25) is 23.7 Å². The van der Waals surface area contributed by atoms with Gasteiger partial charge in [-0.15, -0.1) is 0 Å². The molecule has 0 bridgehead atoms. The lowest BCUT2D eigenvalue weighted by molar-refractivity contribution is -0.149. The number of carbonyl (C=O) groups is 1. The van der Waals surface area contributed by atoms with Crippen LogP contribution in [0.2, 0.25) is 0 Å². The maximum atomic E-state index is 15.2. The first-order valence-corrected chi connectivity index (χ1v) is 12.7. The highest BCUT2D eigenvalue weighted by atomic mass is 35.5. The van der Waals surface area contributed by atoms with Gasteiger partial charge in [0.2, 0.25) is 0 Å². The number of alkyl halides is 2. The van der Waals surface area contributed by atoms with Crippen LogP contribution in [0, 0.1) is 0 Å². The fraction of sp³-hybridized carbons (Fsp3) is 0.476. The van der Waals surface area contributed by atoms with Crippen LogP contribution < -0.4 is 20.9 Å². The van der Waals surface area contributed by atoms with Gasteiger partial charge in [-0.2, -0.15) is 5.09 Å². The quantitative estimate of drug-likeness (QED) is 0.227. The van der Waals surface area contributed by atoms with Crippen molar-refractivity contribution >= 4 is 25.3 Å². The summed E-state index contributed by atoms with van der Waals surface area (Å²) in [4.78, 5) is 37.6. The maximum absolute atomic E-state index is 15.2. The number of aromatic amines is 1. The number of nitrogens with one attached hydrogen (secondary N) is 2.